The minimum Gasteiger partial charge on any atom is -0.457 e. The van der Waals surface area contributed by atoms with Gasteiger partial charge in [-0.1, -0.05) is 11.6 Å². The fourth-order valence-electron chi connectivity index (χ4n) is 2.35. The van der Waals surface area contributed by atoms with Gasteiger partial charge in [-0.15, -0.1) is 0 Å². The van der Waals surface area contributed by atoms with Crippen LogP contribution in [0.15, 0.2) is 66.7 Å². The van der Waals surface area contributed by atoms with Crippen LogP contribution in [0.4, 0.5) is 23.2 Å². The Kier molecular flexibility index (Phi) is 5.56. The zero-order valence-corrected chi connectivity index (χ0v) is 14.8. The highest BCUT2D eigenvalue weighted by molar-refractivity contribution is 6.30. The highest BCUT2D eigenvalue weighted by Crippen LogP contribution is 2.39. The zero-order valence-electron chi connectivity index (χ0n) is 14.1. The predicted molar refractivity (Wildman–Crippen MR) is 97.3 cm³/mol. The van der Waals surface area contributed by atoms with Gasteiger partial charge in [0.1, 0.15) is 22.9 Å². The highest BCUT2D eigenvalue weighted by atomic mass is 35.5. The lowest BCUT2D eigenvalue weighted by Gasteiger charge is -2.15. The summed E-state index contributed by atoms with van der Waals surface area (Å²) < 4.78 is 58.5. The van der Waals surface area contributed by atoms with Gasteiger partial charge in [0.15, 0.2) is 0 Å². The average molecular weight is 410 g/mol. The van der Waals surface area contributed by atoms with E-state index in [9.17, 15) is 22.4 Å². The van der Waals surface area contributed by atoms with Crippen molar-refractivity contribution in [1.82, 2.24) is 0 Å². The van der Waals surface area contributed by atoms with Crippen LogP contribution in [0.25, 0.3) is 0 Å². The molecule has 0 aliphatic rings. The van der Waals surface area contributed by atoms with Gasteiger partial charge < -0.3 is 10.1 Å². The first-order valence-corrected chi connectivity index (χ1v) is 8.32. The van der Waals surface area contributed by atoms with Crippen molar-refractivity contribution in [2.24, 2.45) is 0 Å². The first kappa shape index (κ1) is 19.7. The maximum Gasteiger partial charge on any atom is 0.420 e. The van der Waals surface area contributed by atoms with Gasteiger partial charge in [-0.3, -0.25) is 4.79 Å². The fourth-order valence-corrected chi connectivity index (χ4v) is 2.48. The molecular formula is C20H12ClF4NO2. The third kappa shape index (κ3) is 4.80. The second-order valence-electron chi connectivity index (χ2n) is 5.73. The summed E-state index contributed by atoms with van der Waals surface area (Å²) in [6.07, 6.45) is -4.73. The molecule has 3 aromatic rings. The molecule has 28 heavy (non-hydrogen) atoms. The van der Waals surface area contributed by atoms with E-state index in [2.05, 4.69) is 5.32 Å². The third-order valence-electron chi connectivity index (χ3n) is 3.69. The molecule has 0 bridgehead atoms. The molecule has 0 fully saturated rings. The molecule has 0 atom stereocenters. The van der Waals surface area contributed by atoms with Crippen LogP contribution in [0.2, 0.25) is 5.02 Å². The van der Waals surface area contributed by atoms with E-state index in [1.54, 1.807) is 0 Å². The molecule has 1 amide bonds. The number of carbonyl (C=O) groups is 1. The van der Waals surface area contributed by atoms with Crippen LogP contribution in [0.5, 0.6) is 11.5 Å². The van der Waals surface area contributed by atoms with Crippen molar-refractivity contribution in [2.75, 3.05) is 5.32 Å². The molecule has 0 radical (unpaired) electrons. The van der Waals surface area contributed by atoms with Crippen LogP contribution >= 0.6 is 11.6 Å². The highest BCUT2D eigenvalue weighted by Gasteiger charge is 2.35. The van der Waals surface area contributed by atoms with Crippen molar-refractivity contribution >= 4 is 23.2 Å². The largest absolute Gasteiger partial charge is 0.457 e. The van der Waals surface area contributed by atoms with E-state index in [1.807, 2.05) is 0 Å². The summed E-state index contributed by atoms with van der Waals surface area (Å²) in [5.41, 5.74) is -0.894. The Bertz CT molecular complexity index is 987. The molecule has 144 valence electrons. The molecule has 0 aromatic heterocycles. The number of hydrogen-bond donors (Lipinski definition) is 1. The van der Waals surface area contributed by atoms with Gasteiger partial charge >= 0.3 is 6.18 Å². The van der Waals surface area contributed by atoms with Gasteiger partial charge in [-0.25, -0.2) is 4.39 Å². The number of halogens is 5. The molecule has 3 nitrogen and oxygen atoms in total. The van der Waals surface area contributed by atoms with Crippen molar-refractivity contribution in [3.05, 3.63) is 88.7 Å². The van der Waals surface area contributed by atoms with Crippen molar-refractivity contribution < 1.29 is 27.1 Å². The molecular weight excluding hydrogens is 398 g/mol. The van der Waals surface area contributed by atoms with Gasteiger partial charge in [0.2, 0.25) is 0 Å². The van der Waals surface area contributed by atoms with E-state index < -0.39 is 29.2 Å². The number of anilines is 1. The summed E-state index contributed by atoms with van der Waals surface area (Å²) >= 11 is 5.75. The number of alkyl halides is 3. The standard InChI is InChI=1S/C20H12ClF4NO2/c21-13-3-1-12(2-4-13)19(27)26-15-7-10-18(17(11-15)20(23,24)25)28-16-8-5-14(22)6-9-16/h1-11H,(H,26,27). The van der Waals surface area contributed by atoms with E-state index in [4.69, 9.17) is 16.3 Å². The second kappa shape index (κ2) is 7.90. The van der Waals surface area contributed by atoms with Crippen molar-refractivity contribution in [2.45, 2.75) is 6.18 Å². The van der Waals surface area contributed by atoms with Crippen molar-refractivity contribution in [3.63, 3.8) is 0 Å². The molecule has 1 N–H and O–H groups in total. The Hall–Kier alpha value is -3.06. The first-order valence-electron chi connectivity index (χ1n) is 7.94. The molecule has 0 aliphatic carbocycles. The number of carbonyl (C=O) groups excluding carboxylic acids is 1. The van der Waals surface area contributed by atoms with Gasteiger partial charge in [-0.05, 0) is 66.7 Å². The smallest absolute Gasteiger partial charge is 0.420 e. The van der Waals surface area contributed by atoms with E-state index in [0.717, 1.165) is 24.3 Å². The van der Waals surface area contributed by atoms with Crippen LogP contribution in [-0.2, 0) is 6.18 Å². The first-order chi connectivity index (χ1) is 13.2. The van der Waals surface area contributed by atoms with Gasteiger partial charge in [0.05, 0.1) is 0 Å². The molecule has 0 unspecified atom stereocenters. The van der Waals surface area contributed by atoms with E-state index >= 15 is 0 Å². The maximum atomic E-state index is 13.4. The summed E-state index contributed by atoms with van der Waals surface area (Å²) in [5.74, 6) is -1.55. The van der Waals surface area contributed by atoms with Crippen LogP contribution in [0.3, 0.4) is 0 Å². The van der Waals surface area contributed by atoms with Crippen molar-refractivity contribution in [1.29, 1.82) is 0 Å². The minimum absolute atomic E-state index is 0.0462. The third-order valence-corrected chi connectivity index (χ3v) is 3.94. The quantitative estimate of drug-likeness (QED) is 0.497. The Morgan fingerprint density at radius 1 is 0.929 bits per heavy atom. The van der Waals surface area contributed by atoms with Crippen LogP contribution < -0.4 is 10.1 Å². The molecule has 0 spiro atoms. The van der Waals surface area contributed by atoms with E-state index in [1.165, 1.54) is 42.5 Å². The molecule has 3 rings (SSSR count). The number of rotatable bonds is 4. The maximum absolute atomic E-state index is 13.4. The summed E-state index contributed by atoms with van der Waals surface area (Å²) in [6, 6.07) is 13.6. The topological polar surface area (TPSA) is 38.3 Å². The molecule has 8 heteroatoms. The molecule has 0 saturated heterocycles. The van der Waals surface area contributed by atoms with Gasteiger partial charge in [0.25, 0.3) is 5.91 Å². The summed E-state index contributed by atoms with van der Waals surface area (Å²) in [7, 11) is 0. The lowest BCUT2D eigenvalue weighted by Crippen LogP contribution is -2.13. The number of ether oxygens (including phenoxy) is 1. The fraction of sp³-hybridized carbons (Fsp3) is 0.0500. The van der Waals surface area contributed by atoms with Crippen LogP contribution in [0, 0.1) is 5.82 Å². The lowest BCUT2D eigenvalue weighted by molar-refractivity contribution is -0.138. The van der Waals surface area contributed by atoms with Crippen LogP contribution in [-0.4, -0.2) is 5.91 Å². The normalized spacial score (nSPS) is 11.2. The number of hydrogen-bond acceptors (Lipinski definition) is 2. The Labute approximate surface area is 162 Å². The average Bonchev–Trinajstić information content (AvgIpc) is 2.64. The Balaban J connectivity index is 1.86. The Morgan fingerprint density at radius 3 is 2.18 bits per heavy atom. The zero-order chi connectivity index (χ0) is 20.3. The summed E-state index contributed by atoms with van der Waals surface area (Å²) in [6.45, 7) is 0. The van der Waals surface area contributed by atoms with E-state index in [-0.39, 0.29) is 17.0 Å². The SMILES string of the molecule is O=C(Nc1ccc(Oc2ccc(F)cc2)c(C(F)(F)F)c1)c1ccc(Cl)cc1. The number of nitrogens with one attached hydrogen (secondary N) is 1. The second-order valence-corrected chi connectivity index (χ2v) is 6.16. The lowest BCUT2D eigenvalue weighted by atomic mass is 10.1. The minimum atomic E-state index is -4.73. The number of amides is 1. The molecule has 0 saturated carbocycles. The summed E-state index contributed by atoms with van der Waals surface area (Å²) in [4.78, 5) is 12.2. The van der Waals surface area contributed by atoms with Gasteiger partial charge in [0, 0.05) is 16.3 Å². The summed E-state index contributed by atoms with van der Waals surface area (Å²) in [5, 5.41) is 2.83. The molecule has 3 aromatic carbocycles. The Morgan fingerprint density at radius 2 is 1.57 bits per heavy atom. The van der Waals surface area contributed by atoms with Crippen LogP contribution in [0.1, 0.15) is 15.9 Å². The van der Waals surface area contributed by atoms with E-state index in [0.29, 0.717) is 5.02 Å². The van der Waals surface area contributed by atoms with Gasteiger partial charge in [-0.2, -0.15) is 13.2 Å². The number of benzene rings is 3. The predicted octanol–water partition coefficient (Wildman–Crippen LogP) is 6.54. The van der Waals surface area contributed by atoms with Crippen molar-refractivity contribution in [3.8, 4) is 11.5 Å². The monoisotopic (exact) mass is 409 g/mol. The molecule has 0 heterocycles. The molecule has 0 aliphatic heterocycles.